The molecule has 2 heterocycles. The monoisotopic (exact) mass is 563 g/mol. The number of ether oxygens (including phenoxy) is 1. The Hall–Kier alpha value is -2.47. The van der Waals surface area contributed by atoms with Crippen molar-refractivity contribution in [2.45, 2.75) is 55.7 Å². The Morgan fingerprint density at radius 1 is 0.868 bits per heavy atom. The van der Waals surface area contributed by atoms with Crippen LogP contribution < -0.4 is 10.1 Å². The number of benzene rings is 2. The first-order valence-electron chi connectivity index (χ1n) is 13.2. The van der Waals surface area contributed by atoms with E-state index in [1.807, 2.05) is 0 Å². The number of piperidine rings is 2. The van der Waals surface area contributed by atoms with E-state index < -0.39 is 20.0 Å². The molecule has 11 heteroatoms. The Bertz CT molecular complexity index is 1330. The van der Waals surface area contributed by atoms with E-state index in [0.29, 0.717) is 49.0 Å². The average molecular weight is 564 g/mol. The molecule has 0 aliphatic carbocycles. The number of rotatable bonds is 9. The molecule has 2 aromatic carbocycles. The van der Waals surface area contributed by atoms with Gasteiger partial charge < -0.3 is 10.1 Å². The van der Waals surface area contributed by atoms with Crippen LogP contribution in [0.15, 0.2) is 52.3 Å². The lowest BCUT2D eigenvalue weighted by Crippen LogP contribution is -2.38. The van der Waals surface area contributed by atoms with Crippen LogP contribution in [0, 0.1) is 12.8 Å². The fourth-order valence-electron chi connectivity index (χ4n) is 4.77. The molecule has 0 bridgehead atoms. The molecule has 0 unspecified atom stereocenters. The Morgan fingerprint density at radius 2 is 1.45 bits per heavy atom. The molecular weight excluding hydrogens is 526 g/mol. The van der Waals surface area contributed by atoms with E-state index in [1.54, 1.807) is 31.2 Å². The first kappa shape index (κ1) is 28.5. The van der Waals surface area contributed by atoms with Gasteiger partial charge in [0.2, 0.25) is 20.0 Å². The molecule has 4 rings (SSSR count). The maximum Gasteiger partial charge on any atom is 0.251 e. The Labute approximate surface area is 226 Å². The van der Waals surface area contributed by atoms with Crippen molar-refractivity contribution in [3.63, 3.8) is 0 Å². The number of carbonyl (C=O) groups excluding carboxylic acids is 1. The molecule has 38 heavy (non-hydrogen) atoms. The van der Waals surface area contributed by atoms with Crippen molar-refractivity contribution < 1.29 is 26.4 Å². The number of amides is 1. The van der Waals surface area contributed by atoms with E-state index in [4.69, 9.17) is 4.74 Å². The number of aryl methyl sites for hydroxylation is 1. The first-order valence-corrected chi connectivity index (χ1v) is 16.1. The van der Waals surface area contributed by atoms with Crippen LogP contribution in [0.4, 0.5) is 0 Å². The van der Waals surface area contributed by atoms with Gasteiger partial charge in [-0.2, -0.15) is 8.61 Å². The average Bonchev–Trinajstić information content (AvgIpc) is 2.92. The summed E-state index contributed by atoms with van der Waals surface area (Å²) in [5, 5.41) is 2.78. The quantitative estimate of drug-likeness (QED) is 0.468. The second-order valence-corrected chi connectivity index (χ2v) is 14.0. The number of carbonyl (C=O) groups is 1. The second-order valence-electron chi connectivity index (χ2n) is 10.1. The summed E-state index contributed by atoms with van der Waals surface area (Å²) in [6.07, 6.45) is 4.47. The third-order valence-electron chi connectivity index (χ3n) is 7.27. The van der Waals surface area contributed by atoms with Crippen LogP contribution in [0.25, 0.3) is 0 Å². The molecule has 0 saturated carbocycles. The van der Waals surface area contributed by atoms with Gasteiger partial charge in [-0.15, -0.1) is 0 Å². The molecule has 0 aromatic heterocycles. The molecule has 2 aromatic rings. The Kier molecular flexibility index (Phi) is 9.12. The van der Waals surface area contributed by atoms with Crippen LogP contribution in [0.2, 0.25) is 0 Å². The molecule has 2 saturated heterocycles. The van der Waals surface area contributed by atoms with Crippen LogP contribution in [0.3, 0.4) is 0 Å². The first-order chi connectivity index (χ1) is 18.1. The maximum absolute atomic E-state index is 13.1. The van der Waals surface area contributed by atoms with Crippen molar-refractivity contribution in [1.82, 2.24) is 13.9 Å². The molecule has 2 aliphatic rings. The van der Waals surface area contributed by atoms with Crippen LogP contribution in [0.1, 0.15) is 54.9 Å². The van der Waals surface area contributed by atoms with Gasteiger partial charge in [0.1, 0.15) is 12.4 Å². The van der Waals surface area contributed by atoms with Gasteiger partial charge in [-0.05, 0) is 80.5 Å². The molecular formula is C27H37N3O6S2. The van der Waals surface area contributed by atoms with Crippen LogP contribution in [-0.4, -0.2) is 70.7 Å². The van der Waals surface area contributed by atoms with Gasteiger partial charge in [0.25, 0.3) is 5.91 Å². The summed E-state index contributed by atoms with van der Waals surface area (Å²) in [5.41, 5.74) is 0.990. The third kappa shape index (κ3) is 6.56. The summed E-state index contributed by atoms with van der Waals surface area (Å²) in [7, 11) is -7.16. The molecule has 2 aliphatic heterocycles. The van der Waals surface area contributed by atoms with E-state index in [-0.39, 0.29) is 28.8 Å². The Balaban J connectivity index is 1.31. The van der Waals surface area contributed by atoms with Gasteiger partial charge in [-0.25, -0.2) is 16.8 Å². The highest BCUT2D eigenvalue weighted by atomic mass is 32.2. The summed E-state index contributed by atoms with van der Waals surface area (Å²) >= 11 is 0. The smallest absolute Gasteiger partial charge is 0.251 e. The van der Waals surface area contributed by atoms with Crippen molar-refractivity contribution in [3.05, 3.63) is 53.6 Å². The second kappa shape index (κ2) is 12.1. The normalized spacial score (nSPS) is 18.3. The van der Waals surface area contributed by atoms with Crippen LogP contribution >= 0.6 is 0 Å². The van der Waals surface area contributed by atoms with Crippen molar-refractivity contribution >= 4 is 26.0 Å². The van der Waals surface area contributed by atoms with E-state index in [0.717, 1.165) is 32.1 Å². The highest BCUT2D eigenvalue weighted by Crippen LogP contribution is 2.25. The summed E-state index contributed by atoms with van der Waals surface area (Å²) in [4.78, 5) is 13.2. The molecule has 1 amide bonds. The zero-order valence-corrected chi connectivity index (χ0v) is 23.7. The van der Waals surface area contributed by atoms with Crippen LogP contribution in [-0.2, 0) is 20.0 Å². The van der Waals surface area contributed by atoms with Gasteiger partial charge in [-0.3, -0.25) is 4.79 Å². The minimum absolute atomic E-state index is 0.124. The SMILES string of the molecule is Cc1ccc(S(=O)(=O)N2CCC(C)CC2)cc1C(=O)NCCOc1ccc(S(=O)(=O)N2CCCCC2)cc1. The minimum atomic E-state index is -3.66. The van der Waals surface area contributed by atoms with Gasteiger partial charge in [0.15, 0.2) is 0 Å². The molecule has 0 spiro atoms. The molecule has 0 atom stereocenters. The predicted octanol–water partition coefficient (Wildman–Crippen LogP) is 3.40. The lowest BCUT2D eigenvalue weighted by Gasteiger charge is -2.29. The molecule has 9 nitrogen and oxygen atoms in total. The van der Waals surface area contributed by atoms with Gasteiger partial charge in [0.05, 0.1) is 16.3 Å². The highest BCUT2D eigenvalue weighted by molar-refractivity contribution is 7.89. The topological polar surface area (TPSA) is 113 Å². The number of nitrogens with zero attached hydrogens (tertiary/aromatic N) is 2. The molecule has 2 fully saturated rings. The standard InChI is InChI=1S/C27H37N3O6S2/c1-21-12-17-30(18-13-21)38(34,35)25-9-6-22(2)26(20-25)27(31)28-14-19-36-23-7-10-24(11-8-23)37(32,33)29-15-4-3-5-16-29/h6-11,20-21H,3-5,12-19H2,1-2H3,(H,28,31). The number of nitrogens with one attached hydrogen (secondary N) is 1. The zero-order valence-electron chi connectivity index (χ0n) is 22.1. The van der Waals surface area contributed by atoms with Gasteiger partial charge in [-0.1, -0.05) is 19.4 Å². The van der Waals surface area contributed by atoms with E-state index in [9.17, 15) is 21.6 Å². The number of hydrogen-bond acceptors (Lipinski definition) is 6. The molecule has 208 valence electrons. The summed E-state index contributed by atoms with van der Waals surface area (Å²) < 4.78 is 60.5. The van der Waals surface area contributed by atoms with Gasteiger partial charge >= 0.3 is 0 Å². The fraction of sp³-hybridized carbons (Fsp3) is 0.519. The molecule has 0 radical (unpaired) electrons. The molecule has 1 N–H and O–H groups in total. The minimum Gasteiger partial charge on any atom is -0.492 e. The third-order valence-corrected chi connectivity index (χ3v) is 11.1. The summed E-state index contributed by atoms with van der Waals surface area (Å²) in [6.45, 7) is 6.34. The predicted molar refractivity (Wildman–Crippen MR) is 145 cm³/mol. The Morgan fingerprint density at radius 3 is 2.11 bits per heavy atom. The van der Waals surface area contributed by atoms with E-state index in [2.05, 4.69) is 12.2 Å². The van der Waals surface area contributed by atoms with Crippen molar-refractivity contribution in [3.8, 4) is 5.75 Å². The lowest BCUT2D eigenvalue weighted by molar-refractivity contribution is 0.0946. The largest absolute Gasteiger partial charge is 0.492 e. The van der Waals surface area contributed by atoms with Gasteiger partial charge in [0, 0.05) is 31.7 Å². The summed E-state index contributed by atoms with van der Waals surface area (Å²) in [6, 6.07) is 11.0. The lowest BCUT2D eigenvalue weighted by atomic mass is 10.0. The maximum atomic E-state index is 13.1. The number of sulfonamides is 2. The van der Waals surface area contributed by atoms with E-state index >= 15 is 0 Å². The highest BCUT2D eigenvalue weighted by Gasteiger charge is 2.29. The van der Waals surface area contributed by atoms with Crippen molar-refractivity contribution in [1.29, 1.82) is 0 Å². The van der Waals surface area contributed by atoms with E-state index in [1.165, 1.54) is 26.8 Å². The van der Waals surface area contributed by atoms with Crippen molar-refractivity contribution in [2.24, 2.45) is 5.92 Å². The summed E-state index contributed by atoms with van der Waals surface area (Å²) in [5.74, 6) is 0.629. The number of hydrogen-bond donors (Lipinski definition) is 1. The fourth-order valence-corrected chi connectivity index (χ4v) is 7.78. The van der Waals surface area contributed by atoms with Crippen LogP contribution in [0.5, 0.6) is 5.75 Å². The zero-order chi connectivity index (χ0) is 27.3. The van der Waals surface area contributed by atoms with Crippen molar-refractivity contribution in [2.75, 3.05) is 39.3 Å².